The lowest BCUT2D eigenvalue weighted by Crippen LogP contribution is -2.38. The van der Waals surface area contributed by atoms with Crippen molar-refractivity contribution in [3.05, 3.63) is 12.2 Å². The lowest BCUT2D eigenvalue weighted by molar-refractivity contribution is -0.00243. The molecular weight excluding hydrogens is 282 g/mol. The predicted molar refractivity (Wildman–Crippen MR) is 83.3 cm³/mol. The molecule has 0 spiro atoms. The Bertz CT molecular complexity index is 463. The maximum absolute atomic E-state index is 11.7. The van der Waals surface area contributed by atoms with Gasteiger partial charge in [-0.15, -0.1) is 10.2 Å². The van der Waals surface area contributed by atoms with Crippen LogP contribution in [0.15, 0.2) is 6.33 Å². The number of aromatic nitrogens is 3. The van der Waals surface area contributed by atoms with Gasteiger partial charge in [0.05, 0.1) is 19.3 Å². The SMILES string of the molecule is CCn1cnnc1CNC(=O)NCCOC1CCCCC1C. The van der Waals surface area contributed by atoms with Crippen LogP contribution in [0.2, 0.25) is 0 Å². The minimum atomic E-state index is -0.203. The van der Waals surface area contributed by atoms with Crippen LogP contribution >= 0.6 is 0 Å². The van der Waals surface area contributed by atoms with E-state index in [1.165, 1.54) is 19.3 Å². The first-order valence-electron chi connectivity index (χ1n) is 8.20. The van der Waals surface area contributed by atoms with Crippen LogP contribution in [0.4, 0.5) is 4.79 Å². The highest BCUT2D eigenvalue weighted by Crippen LogP contribution is 2.25. The van der Waals surface area contributed by atoms with E-state index in [9.17, 15) is 4.79 Å². The van der Waals surface area contributed by atoms with Gasteiger partial charge in [0, 0.05) is 13.1 Å². The first-order chi connectivity index (χ1) is 10.7. The number of ether oxygens (including phenoxy) is 1. The van der Waals surface area contributed by atoms with Crippen molar-refractivity contribution < 1.29 is 9.53 Å². The zero-order chi connectivity index (χ0) is 15.8. The van der Waals surface area contributed by atoms with Gasteiger partial charge in [-0.1, -0.05) is 19.8 Å². The van der Waals surface area contributed by atoms with E-state index in [0.29, 0.717) is 31.7 Å². The number of carbonyl (C=O) groups is 1. The summed E-state index contributed by atoms with van der Waals surface area (Å²) in [6.07, 6.45) is 6.96. The van der Waals surface area contributed by atoms with Crippen molar-refractivity contribution in [2.45, 2.75) is 58.7 Å². The highest BCUT2D eigenvalue weighted by molar-refractivity contribution is 5.73. The van der Waals surface area contributed by atoms with Gasteiger partial charge in [-0.3, -0.25) is 0 Å². The second kappa shape index (κ2) is 8.73. The molecule has 2 rings (SSSR count). The van der Waals surface area contributed by atoms with E-state index in [-0.39, 0.29) is 6.03 Å². The van der Waals surface area contributed by atoms with E-state index in [2.05, 4.69) is 27.8 Å². The van der Waals surface area contributed by atoms with Gasteiger partial charge in [-0.2, -0.15) is 0 Å². The van der Waals surface area contributed by atoms with E-state index in [1.807, 2.05) is 11.5 Å². The van der Waals surface area contributed by atoms with Crippen LogP contribution in [0.25, 0.3) is 0 Å². The van der Waals surface area contributed by atoms with Crippen LogP contribution in [0.3, 0.4) is 0 Å². The molecule has 1 aromatic rings. The molecule has 7 heteroatoms. The topological polar surface area (TPSA) is 81.1 Å². The Hall–Kier alpha value is -1.63. The van der Waals surface area contributed by atoms with Crippen LogP contribution < -0.4 is 10.6 Å². The molecule has 1 fully saturated rings. The van der Waals surface area contributed by atoms with Gasteiger partial charge >= 0.3 is 6.03 Å². The Morgan fingerprint density at radius 2 is 2.23 bits per heavy atom. The fourth-order valence-corrected chi connectivity index (χ4v) is 2.81. The van der Waals surface area contributed by atoms with E-state index < -0.39 is 0 Å². The van der Waals surface area contributed by atoms with Gasteiger partial charge in [-0.25, -0.2) is 4.79 Å². The third-order valence-corrected chi connectivity index (χ3v) is 4.20. The number of carbonyl (C=O) groups excluding carboxylic acids is 1. The van der Waals surface area contributed by atoms with Crippen LogP contribution in [0, 0.1) is 5.92 Å². The molecule has 22 heavy (non-hydrogen) atoms. The Labute approximate surface area is 131 Å². The van der Waals surface area contributed by atoms with E-state index in [4.69, 9.17) is 4.74 Å². The maximum Gasteiger partial charge on any atom is 0.315 e. The minimum absolute atomic E-state index is 0.203. The zero-order valence-corrected chi connectivity index (χ0v) is 13.5. The molecule has 1 aromatic heterocycles. The quantitative estimate of drug-likeness (QED) is 0.751. The summed E-state index contributed by atoms with van der Waals surface area (Å²) < 4.78 is 7.76. The molecule has 2 N–H and O–H groups in total. The zero-order valence-electron chi connectivity index (χ0n) is 13.5. The molecule has 7 nitrogen and oxygen atoms in total. The van der Waals surface area contributed by atoms with Crippen LogP contribution in [0.5, 0.6) is 0 Å². The summed E-state index contributed by atoms with van der Waals surface area (Å²) in [6.45, 7) is 6.51. The Kier molecular flexibility index (Phi) is 6.64. The summed E-state index contributed by atoms with van der Waals surface area (Å²) in [7, 11) is 0. The van der Waals surface area contributed by atoms with E-state index >= 15 is 0 Å². The first kappa shape index (κ1) is 16.7. The van der Waals surface area contributed by atoms with Crippen molar-refractivity contribution in [3.8, 4) is 0 Å². The molecule has 1 heterocycles. The summed E-state index contributed by atoms with van der Waals surface area (Å²) in [4.78, 5) is 11.7. The standard InChI is InChI=1S/C15H27N5O2/c1-3-20-11-18-19-14(20)10-17-15(21)16-8-9-22-13-7-5-4-6-12(13)2/h11-13H,3-10H2,1-2H3,(H2,16,17,21). The third-order valence-electron chi connectivity index (χ3n) is 4.20. The molecular formula is C15H27N5O2. The monoisotopic (exact) mass is 309 g/mol. The summed E-state index contributed by atoms with van der Waals surface area (Å²) in [5.41, 5.74) is 0. The number of hydrogen-bond acceptors (Lipinski definition) is 4. The van der Waals surface area contributed by atoms with E-state index in [1.54, 1.807) is 6.33 Å². The van der Waals surface area contributed by atoms with Crippen molar-refractivity contribution in [1.82, 2.24) is 25.4 Å². The van der Waals surface area contributed by atoms with Gasteiger partial charge in [0.25, 0.3) is 0 Å². The second-order valence-electron chi connectivity index (χ2n) is 5.81. The van der Waals surface area contributed by atoms with Crippen molar-refractivity contribution in [2.24, 2.45) is 5.92 Å². The largest absolute Gasteiger partial charge is 0.376 e. The van der Waals surface area contributed by atoms with Crippen molar-refractivity contribution in [1.29, 1.82) is 0 Å². The number of nitrogens with zero attached hydrogens (tertiary/aromatic N) is 3. The Morgan fingerprint density at radius 3 is 3.00 bits per heavy atom. The average molecular weight is 309 g/mol. The molecule has 1 aliphatic carbocycles. The summed E-state index contributed by atoms with van der Waals surface area (Å²) in [5.74, 6) is 1.38. The number of aryl methyl sites for hydroxylation is 1. The Morgan fingerprint density at radius 1 is 1.41 bits per heavy atom. The van der Waals surface area contributed by atoms with Gasteiger partial charge in [-0.05, 0) is 25.7 Å². The number of rotatable bonds is 7. The summed E-state index contributed by atoms with van der Waals surface area (Å²) in [6, 6.07) is -0.203. The second-order valence-corrected chi connectivity index (χ2v) is 5.81. The number of urea groups is 1. The fourth-order valence-electron chi connectivity index (χ4n) is 2.81. The minimum Gasteiger partial charge on any atom is -0.376 e. The molecule has 1 saturated carbocycles. The Balaban J connectivity index is 1.58. The summed E-state index contributed by atoms with van der Waals surface area (Å²) in [5, 5.41) is 13.4. The van der Waals surface area contributed by atoms with Gasteiger partial charge in [0.15, 0.2) is 5.82 Å². The van der Waals surface area contributed by atoms with Crippen molar-refractivity contribution in [2.75, 3.05) is 13.2 Å². The molecule has 0 bridgehead atoms. The molecule has 0 radical (unpaired) electrons. The summed E-state index contributed by atoms with van der Waals surface area (Å²) >= 11 is 0. The molecule has 0 aromatic carbocycles. The lowest BCUT2D eigenvalue weighted by Gasteiger charge is -2.28. The van der Waals surface area contributed by atoms with Crippen LogP contribution in [0.1, 0.15) is 45.4 Å². The highest BCUT2D eigenvalue weighted by atomic mass is 16.5. The molecule has 124 valence electrons. The van der Waals surface area contributed by atoms with Crippen LogP contribution in [-0.2, 0) is 17.8 Å². The smallest absolute Gasteiger partial charge is 0.315 e. The molecule has 2 atom stereocenters. The predicted octanol–water partition coefficient (Wildman–Crippen LogP) is 1.69. The number of hydrogen-bond donors (Lipinski definition) is 2. The van der Waals surface area contributed by atoms with E-state index in [0.717, 1.165) is 18.8 Å². The van der Waals surface area contributed by atoms with Gasteiger partial charge < -0.3 is 19.9 Å². The third kappa shape index (κ3) is 4.98. The first-order valence-corrected chi connectivity index (χ1v) is 8.20. The van der Waals surface area contributed by atoms with Crippen molar-refractivity contribution >= 4 is 6.03 Å². The number of nitrogens with one attached hydrogen (secondary N) is 2. The fraction of sp³-hybridized carbons (Fsp3) is 0.800. The maximum atomic E-state index is 11.7. The number of amides is 2. The lowest BCUT2D eigenvalue weighted by atomic mass is 9.88. The molecule has 2 unspecified atom stereocenters. The van der Waals surface area contributed by atoms with Crippen molar-refractivity contribution in [3.63, 3.8) is 0 Å². The van der Waals surface area contributed by atoms with Gasteiger partial charge in [0.2, 0.25) is 0 Å². The normalized spacial score (nSPS) is 21.5. The van der Waals surface area contributed by atoms with Crippen LogP contribution in [-0.4, -0.2) is 40.1 Å². The molecule has 2 amide bonds. The highest BCUT2D eigenvalue weighted by Gasteiger charge is 2.21. The average Bonchev–Trinajstić information content (AvgIpc) is 2.98. The molecule has 0 saturated heterocycles. The van der Waals surface area contributed by atoms with Gasteiger partial charge in [0.1, 0.15) is 6.33 Å². The molecule has 0 aliphatic heterocycles. The molecule has 1 aliphatic rings.